The summed E-state index contributed by atoms with van der Waals surface area (Å²) in [6, 6.07) is 1.81. The number of hydrogen-bond acceptors (Lipinski definition) is 3. The van der Waals surface area contributed by atoms with Gasteiger partial charge in [0.1, 0.15) is 11.4 Å². The van der Waals surface area contributed by atoms with E-state index in [9.17, 15) is 18.4 Å². The number of rotatable bonds is 3. The van der Waals surface area contributed by atoms with Crippen molar-refractivity contribution in [2.75, 3.05) is 6.61 Å². The van der Waals surface area contributed by atoms with Crippen molar-refractivity contribution in [3.05, 3.63) is 34.9 Å². The van der Waals surface area contributed by atoms with Gasteiger partial charge in [0, 0.05) is 0 Å². The summed E-state index contributed by atoms with van der Waals surface area (Å²) >= 11 is 0. The van der Waals surface area contributed by atoms with Crippen molar-refractivity contribution in [2.24, 2.45) is 0 Å². The van der Waals surface area contributed by atoms with Crippen molar-refractivity contribution in [1.82, 2.24) is 0 Å². The molecule has 0 bridgehead atoms. The molecule has 15 heavy (non-hydrogen) atoms. The fourth-order valence-electron chi connectivity index (χ4n) is 1.05. The van der Waals surface area contributed by atoms with Crippen LogP contribution in [0.4, 0.5) is 8.78 Å². The van der Waals surface area contributed by atoms with E-state index in [0.717, 1.165) is 12.1 Å². The summed E-state index contributed by atoms with van der Waals surface area (Å²) in [5, 5.41) is 0. The molecule has 80 valence electrons. The lowest BCUT2D eigenvalue weighted by atomic mass is 10.1. The van der Waals surface area contributed by atoms with Gasteiger partial charge in [-0.2, -0.15) is 0 Å². The molecule has 0 aliphatic carbocycles. The minimum Gasteiger partial charge on any atom is -0.462 e. The molecule has 0 atom stereocenters. The fraction of sp³-hybridized carbons (Fsp3) is 0.200. The summed E-state index contributed by atoms with van der Waals surface area (Å²) in [5.74, 6) is -3.35. The van der Waals surface area contributed by atoms with Gasteiger partial charge in [0.05, 0.1) is 12.2 Å². The third-order valence-electron chi connectivity index (χ3n) is 1.73. The Bertz CT molecular complexity index is 402. The fourth-order valence-corrected chi connectivity index (χ4v) is 1.05. The Morgan fingerprint density at radius 3 is 2.67 bits per heavy atom. The predicted octanol–water partition coefficient (Wildman–Crippen LogP) is 1.95. The van der Waals surface area contributed by atoms with E-state index in [1.54, 1.807) is 0 Å². The molecule has 0 N–H and O–H groups in total. The Kier molecular flexibility index (Phi) is 3.49. The van der Waals surface area contributed by atoms with E-state index in [0.29, 0.717) is 0 Å². The van der Waals surface area contributed by atoms with Crippen LogP contribution in [0.25, 0.3) is 0 Å². The summed E-state index contributed by atoms with van der Waals surface area (Å²) in [6.45, 7) is 1.51. The van der Waals surface area contributed by atoms with Crippen LogP contribution in [-0.4, -0.2) is 18.9 Å². The highest BCUT2D eigenvalue weighted by molar-refractivity contribution is 5.92. The van der Waals surface area contributed by atoms with Gasteiger partial charge in [-0.3, -0.25) is 4.79 Å². The van der Waals surface area contributed by atoms with E-state index >= 15 is 0 Å². The summed E-state index contributed by atoms with van der Waals surface area (Å²) in [6.07, 6.45) is 0.206. The first-order valence-electron chi connectivity index (χ1n) is 4.22. The molecule has 1 rings (SSSR count). The smallest absolute Gasteiger partial charge is 0.344 e. The zero-order chi connectivity index (χ0) is 11.4. The normalized spacial score (nSPS) is 9.80. The SMILES string of the molecule is CCOC(=O)c1c(F)ccc(C=O)c1F. The molecule has 0 amide bonds. The molecule has 0 aromatic heterocycles. The molecule has 1 aromatic rings. The van der Waals surface area contributed by atoms with Crippen molar-refractivity contribution in [3.8, 4) is 0 Å². The second-order valence-electron chi connectivity index (χ2n) is 2.66. The second kappa shape index (κ2) is 4.63. The van der Waals surface area contributed by atoms with Crippen LogP contribution >= 0.6 is 0 Å². The van der Waals surface area contributed by atoms with E-state index < -0.39 is 23.2 Å². The maximum atomic E-state index is 13.3. The zero-order valence-corrected chi connectivity index (χ0v) is 7.92. The number of halogens is 2. The van der Waals surface area contributed by atoms with E-state index in [1.165, 1.54) is 6.92 Å². The standard InChI is InChI=1S/C10H8F2O3/c1-2-15-10(14)8-7(11)4-3-6(5-13)9(8)12/h3-5H,2H2,1H3. The van der Waals surface area contributed by atoms with Crippen molar-refractivity contribution < 1.29 is 23.1 Å². The van der Waals surface area contributed by atoms with Crippen molar-refractivity contribution in [3.63, 3.8) is 0 Å². The van der Waals surface area contributed by atoms with Crippen molar-refractivity contribution >= 4 is 12.3 Å². The highest BCUT2D eigenvalue weighted by Gasteiger charge is 2.21. The number of aldehydes is 1. The van der Waals surface area contributed by atoms with E-state index in [-0.39, 0.29) is 18.5 Å². The lowest BCUT2D eigenvalue weighted by molar-refractivity contribution is 0.0515. The largest absolute Gasteiger partial charge is 0.462 e. The molecule has 0 fully saturated rings. The van der Waals surface area contributed by atoms with Gasteiger partial charge in [-0.05, 0) is 19.1 Å². The number of ether oxygens (including phenoxy) is 1. The summed E-state index contributed by atoms with van der Waals surface area (Å²) in [4.78, 5) is 21.5. The Hall–Kier alpha value is -1.78. The maximum Gasteiger partial charge on any atom is 0.344 e. The lowest BCUT2D eigenvalue weighted by Gasteiger charge is -2.05. The first-order valence-corrected chi connectivity index (χ1v) is 4.22. The van der Waals surface area contributed by atoms with Gasteiger partial charge < -0.3 is 4.74 Å². The topological polar surface area (TPSA) is 43.4 Å². The van der Waals surface area contributed by atoms with Gasteiger partial charge in [0.25, 0.3) is 0 Å². The summed E-state index contributed by atoms with van der Waals surface area (Å²) in [7, 11) is 0. The molecule has 0 radical (unpaired) electrons. The molecule has 0 spiro atoms. The first-order chi connectivity index (χ1) is 7.11. The van der Waals surface area contributed by atoms with Gasteiger partial charge in [-0.25, -0.2) is 13.6 Å². The van der Waals surface area contributed by atoms with Crippen molar-refractivity contribution in [1.29, 1.82) is 0 Å². The van der Waals surface area contributed by atoms with E-state index in [1.807, 2.05) is 0 Å². The van der Waals surface area contributed by atoms with Gasteiger partial charge in [0.15, 0.2) is 12.1 Å². The zero-order valence-electron chi connectivity index (χ0n) is 7.92. The average molecular weight is 214 g/mol. The quantitative estimate of drug-likeness (QED) is 0.570. The van der Waals surface area contributed by atoms with Crippen LogP contribution in [0.1, 0.15) is 27.6 Å². The predicted molar refractivity (Wildman–Crippen MR) is 47.7 cm³/mol. The number of carbonyl (C=O) groups excluding carboxylic acids is 2. The molecule has 0 heterocycles. The molecular weight excluding hydrogens is 206 g/mol. The van der Waals surface area contributed by atoms with Crippen LogP contribution < -0.4 is 0 Å². The van der Waals surface area contributed by atoms with E-state index in [2.05, 4.69) is 4.74 Å². The number of hydrogen-bond donors (Lipinski definition) is 0. The highest BCUT2D eigenvalue weighted by Crippen LogP contribution is 2.16. The third kappa shape index (κ3) is 2.18. The molecule has 3 nitrogen and oxygen atoms in total. The molecule has 0 aliphatic rings. The Morgan fingerprint density at radius 2 is 2.13 bits per heavy atom. The summed E-state index contributed by atoms with van der Waals surface area (Å²) in [5.41, 5.74) is -1.21. The molecule has 0 saturated heterocycles. The monoisotopic (exact) mass is 214 g/mol. The Labute approximate surface area is 84.7 Å². The summed E-state index contributed by atoms with van der Waals surface area (Å²) < 4.78 is 30.9. The third-order valence-corrected chi connectivity index (χ3v) is 1.73. The van der Waals surface area contributed by atoms with Crippen LogP contribution in [0, 0.1) is 11.6 Å². The molecular formula is C10H8F2O3. The van der Waals surface area contributed by atoms with Crippen LogP contribution in [0.15, 0.2) is 12.1 Å². The minimum absolute atomic E-state index is 0.00301. The minimum atomic E-state index is -1.19. The van der Waals surface area contributed by atoms with E-state index in [4.69, 9.17) is 0 Å². The second-order valence-corrected chi connectivity index (χ2v) is 2.66. The highest BCUT2D eigenvalue weighted by atomic mass is 19.1. The van der Waals surface area contributed by atoms with Gasteiger partial charge in [0.2, 0.25) is 0 Å². The molecule has 0 unspecified atom stereocenters. The van der Waals surface area contributed by atoms with Gasteiger partial charge >= 0.3 is 5.97 Å². The number of carbonyl (C=O) groups is 2. The molecule has 1 aromatic carbocycles. The van der Waals surface area contributed by atoms with Crippen LogP contribution in [-0.2, 0) is 4.74 Å². The number of esters is 1. The van der Waals surface area contributed by atoms with Crippen LogP contribution in [0.5, 0.6) is 0 Å². The van der Waals surface area contributed by atoms with Crippen LogP contribution in [0.3, 0.4) is 0 Å². The average Bonchev–Trinajstić information content (AvgIpc) is 2.18. The lowest BCUT2D eigenvalue weighted by Crippen LogP contribution is -2.11. The van der Waals surface area contributed by atoms with Crippen LogP contribution in [0.2, 0.25) is 0 Å². The van der Waals surface area contributed by atoms with Gasteiger partial charge in [-0.15, -0.1) is 0 Å². The molecule has 0 saturated carbocycles. The molecule has 0 aliphatic heterocycles. The first kappa shape index (κ1) is 11.3. The Morgan fingerprint density at radius 1 is 1.47 bits per heavy atom. The maximum absolute atomic E-state index is 13.3. The van der Waals surface area contributed by atoms with Crippen molar-refractivity contribution in [2.45, 2.75) is 6.92 Å². The van der Waals surface area contributed by atoms with Gasteiger partial charge in [-0.1, -0.05) is 0 Å². The Balaban J connectivity index is 3.26. The number of benzene rings is 1. The molecule has 5 heteroatoms.